The molecule has 5 rings (SSSR count). The molecule has 0 saturated heterocycles. The van der Waals surface area contributed by atoms with Crippen LogP contribution in [-0.2, 0) is 0 Å². The number of nitro benzene ring substituents is 1. The average molecular weight is 371 g/mol. The topological polar surface area (TPSA) is 68.0 Å². The summed E-state index contributed by atoms with van der Waals surface area (Å²) < 4.78 is 6.27. The molecular formula is C22H17N3O3. The lowest BCUT2D eigenvalue weighted by molar-refractivity contribution is -0.384. The Bertz CT molecular complexity index is 1060. The van der Waals surface area contributed by atoms with E-state index in [9.17, 15) is 10.1 Å². The fourth-order valence-corrected chi connectivity index (χ4v) is 3.82. The Kier molecular flexibility index (Phi) is 3.83. The first-order chi connectivity index (χ1) is 13.7. The minimum Gasteiger partial charge on any atom is -0.464 e. The summed E-state index contributed by atoms with van der Waals surface area (Å²) in [7, 11) is 0. The first-order valence-electron chi connectivity index (χ1n) is 9.12. The molecule has 0 bridgehead atoms. The van der Waals surface area contributed by atoms with Crippen LogP contribution in [0.15, 0.2) is 84.0 Å². The highest BCUT2D eigenvalue weighted by atomic mass is 16.6. The lowest BCUT2D eigenvalue weighted by Gasteiger charge is -2.38. The standard InChI is InChI=1S/C22H17N3O3/c26-25(27)17-12-10-16(11-13-17)22-24-20(18-8-4-5-9-21(18)28-22)14-19(23-24)15-6-2-1-3-7-15/h1-13,20,22H,14H2/t20-,22+/m1/s1. The molecule has 0 fully saturated rings. The van der Waals surface area contributed by atoms with Crippen LogP contribution >= 0.6 is 0 Å². The van der Waals surface area contributed by atoms with E-state index in [0.717, 1.165) is 34.6 Å². The van der Waals surface area contributed by atoms with E-state index in [4.69, 9.17) is 9.84 Å². The number of hydrogen-bond donors (Lipinski definition) is 0. The molecule has 28 heavy (non-hydrogen) atoms. The van der Waals surface area contributed by atoms with Crippen molar-refractivity contribution in [2.45, 2.75) is 18.7 Å². The van der Waals surface area contributed by atoms with Crippen LogP contribution in [0.3, 0.4) is 0 Å². The number of non-ortho nitro benzene ring substituents is 1. The van der Waals surface area contributed by atoms with Crippen LogP contribution in [0.5, 0.6) is 5.75 Å². The zero-order chi connectivity index (χ0) is 19.1. The number of para-hydroxylation sites is 1. The molecule has 0 amide bonds. The number of fused-ring (bicyclic) bond motifs is 3. The summed E-state index contributed by atoms with van der Waals surface area (Å²) in [6.45, 7) is 0. The Labute approximate surface area is 161 Å². The third-order valence-electron chi connectivity index (χ3n) is 5.20. The molecule has 0 unspecified atom stereocenters. The highest BCUT2D eigenvalue weighted by molar-refractivity contribution is 6.01. The molecule has 138 valence electrons. The number of rotatable bonds is 3. The van der Waals surface area contributed by atoms with E-state index in [0.29, 0.717) is 0 Å². The molecule has 0 N–H and O–H groups in total. The molecule has 6 heteroatoms. The Morgan fingerprint density at radius 2 is 1.68 bits per heavy atom. The molecule has 2 heterocycles. The summed E-state index contributed by atoms with van der Waals surface area (Å²) in [4.78, 5) is 10.6. The van der Waals surface area contributed by atoms with Gasteiger partial charge in [0.05, 0.1) is 16.7 Å². The molecule has 0 aromatic heterocycles. The summed E-state index contributed by atoms with van der Waals surface area (Å²) in [6, 6.07) is 24.7. The van der Waals surface area contributed by atoms with Crippen LogP contribution in [0, 0.1) is 10.1 Å². The van der Waals surface area contributed by atoms with Crippen molar-refractivity contribution in [3.8, 4) is 5.75 Å². The van der Waals surface area contributed by atoms with Gasteiger partial charge in [0.2, 0.25) is 6.23 Å². The zero-order valence-electron chi connectivity index (χ0n) is 14.9. The van der Waals surface area contributed by atoms with Gasteiger partial charge in [-0.25, -0.2) is 5.01 Å². The molecule has 0 saturated carbocycles. The maximum Gasteiger partial charge on any atom is 0.269 e. The van der Waals surface area contributed by atoms with Crippen molar-refractivity contribution in [3.05, 3.63) is 106 Å². The molecule has 6 nitrogen and oxygen atoms in total. The normalized spacial score (nSPS) is 20.0. The van der Waals surface area contributed by atoms with Gasteiger partial charge in [0.15, 0.2) is 0 Å². The molecule has 0 spiro atoms. The predicted octanol–water partition coefficient (Wildman–Crippen LogP) is 4.84. The van der Waals surface area contributed by atoms with Crippen molar-refractivity contribution in [3.63, 3.8) is 0 Å². The summed E-state index contributed by atoms with van der Waals surface area (Å²) in [5.41, 5.74) is 4.11. The second-order valence-corrected chi connectivity index (χ2v) is 6.87. The Morgan fingerprint density at radius 1 is 0.964 bits per heavy atom. The first-order valence-corrected chi connectivity index (χ1v) is 9.12. The van der Waals surface area contributed by atoms with E-state index in [1.165, 1.54) is 12.1 Å². The van der Waals surface area contributed by atoms with Crippen LogP contribution in [0.4, 0.5) is 5.69 Å². The van der Waals surface area contributed by atoms with Crippen LogP contribution in [0.2, 0.25) is 0 Å². The van der Waals surface area contributed by atoms with Crippen molar-refractivity contribution in [1.82, 2.24) is 5.01 Å². The van der Waals surface area contributed by atoms with E-state index in [1.807, 2.05) is 41.4 Å². The molecule has 0 radical (unpaired) electrons. The van der Waals surface area contributed by atoms with E-state index < -0.39 is 11.2 Å². The molecule has 2 atom stereocenters. The molecule has 3 aromatic rings. The second kappa shape index (κ2) is 6.49. The summed E-state index contributed by atoms with van der Waals surface area (Å²) in [6.07, 6.45) is 0.357. The summed E-state index contributed by atoms with van der Waals surface area (Å²) in [5.74, 6) is 0.830. The van der Waals surface area contributed by atoms with Crippen molar-refractivity contribution >= 4 is 11.4 Å². The molecule has 3 aromatic carbocycles. The van der Waals surface area contributed by atoms with Gasteiger partial charge in [-0.3, -0.25) is 10.1 Å². The lowest BCUT2D eigenvalue weighted by Crippen LogP contribution is -2.33. The van der Waals surface area contributed by atoms with Gasteiger partial charge in [-0.2, -0.15) is 5.10 Å². The van der Waals surface area contributed by atoms with Gasteiger partial charge in [0.25, 0.3) is 5.69 Å². The van der Waals surface area contributed by atoms with Crippen LogP contribution in [0.25, 0.3) is 0 Å². The highest BCUT2D eigenvalue weighted by Crippen LogP contribution is 2.47. The molecule has 2 aliphatic rings. The second-order valence-electron chi connectivity index (χ2n) is 6.87. The Balaban J connectivity index is 1.57. The number of nitrogens with zero attached hydrogens (tertiary/aromatic N) is 3. The van der Waals surface area contributed by atoms with Gasteiger partial charge in [-0.05, 0) is 23.8 Å². The zero-order valence-corrected chi connectivity index (χ0v) is 14.9. The van der Waals surface area contributed by atoms with Crippen molar-refractivity contribution in [1.29, 1.82) is 0 Å². The number of benzene rings is 3. The maximum absolute atomic E-state index is 11.0. The predicted molar refractivity (Wildman–Crippen MR) is 105 cm³/mol. The summed E-state index contributed by atoms with van der Waals surface area (Å²) >= 11 is 0. The third kappa shape index (κ3) is 2.70. The fourth-order valence-electron chi connectivity index (χ4n) is 3.82. The van der Waals surface area contributed by atoms with Crippen LogP contribution in [-0.4, -0.2) is 15.6 Å². The average Bonchev–Trinajstić information content (AvgIpc) is 3.20. The molecule has 2 aliphatic heterocycles. The van der Waals surface area contributed by atoms with Crippen LogP contribution < -0.4 is 4.74 Å². The maximum atomic E-state index is 11.0. The van der Waals surface area contributed by atoms with Gasteiger partial charge in [0, 0.05) is 29.7 Å². The highest BCUT2D eigenvalue weighted by Gasteiger charge is 2.40. The smallest absolute Gasteiger partial charge is 0.269 e. The van der Waals surface area contributed by atoms with Gasteiger partial charge in [-0.1, -0.05) is 48.5 Å². The SMILES string of the molecule is O=[N+]([O-])c1ccc([C@@H]2Oc3ccccc3[C@H]3CC(c4ccccc4)=NN32)cc1. The largest absolute Gasteiger partial charge is 0.464 e. The van der Waals surface area contributed by atoms with Gasteiger partial charge in [-0.15, -0.1) is 0 Å². The molecular weight excluding hydrogens is 354 g/mol. The Hall–Kier alpha value is -3.67. The summed E-state index contributed by atoms with van der Waals surface area (Å²) in [5, 5.41) is 17.8. The number of hydrazone groups is 1. The minimum atomic E-state index is -0.429. The number of hydrogen-bond acceptors (Lipinski definition) is 5. The van der Waals surface area contributed by atoms with Gasteiger partial charge >= 0.3 is 0 Å². The molecule has 0 aliphatic carbocycles. The Morgan fingerprint density at radius 3 is 2.43 bits per heavy atom. The third-order valence-corrected chi connectivity index (χ3v) is 5.20. The van der Waals surface area contributed by atoms with Crippen molar-refractivity contribution < 1.29 is 9.66 Å². The van der Waals surface area contributed by atoms with Crippen LogP contribution in [0.1, 0.15) is 35.4 Å². The number of nitro groups is 1. The fraction of sp³-hybridized carbons (Fsp3) is 0.136. The lowest BCUT2D eigenvalue weighted by atomic mass is 9.96. The van der Waals surface area contributed by atoms with E-state index >= 15 is 0 Å². The number of ether oxygens (including phenoxy) is 1. The van der Waals surface area contributed by atoms with Crippen molar-refractivity contribution in [2.75, 3.05) is 0 Å². The van der Waals surface area contributed by atoms with Gasteiger partial charge < -0.3 is 4.74 Å². The van der Waals surface area contributed by atoms with E-state index in [2.05, 4.69) is 18.2 Å². The van der Waals surface area contributed by atoms with Gasteiger partial charge in [0.1, 0.15) is 5.75 Å². The van der Waals surface area contributed by atoms with Crippen molar-refractivity contribution in [2.24, 2.45) is 5.10 Å². The quantitative estimate of drug-likeness (QED) is 0.488. The van der Waals surface area contributed by atoms with E-state index in [-0.39, 0.29) is 11.7 Å². The van der Waals surface area contributed by atoms with E-state index in [1.54, 1.807) is 12.1 Å². The first kappa shape index (κ1) is 16.5. The monoisotopic (exact) mass is 371 g/mol. The minimum absolute atomic E-state index is 0.0615.